The molecule has 0 bridgehead atoms. The van der Waals surface area contributed by atoms with Gasteiger partial charge in [-0.05, 0) is 25.5 Å². The molecule has 0 aliphatic carbocycles. The maximum Gasteiger partial charge on any atom is 0.342 e. The van der Waals surface area contributed by atoms with Gasteiger partial charge in [0.1, 0.15) is 18.1 Å². The summed E-state index contributed by atoms with van der Waals surface area (Å²) in [5.74, 6) is 0.512. The van der Waals surface area contributed by atoms with E-state index < -0.39 is 5.63 Å². The smallest absolute Gasteiger partial charge is 0.342 e. The molecule has 0 radical (unpaired) electrons. The van der Waals surface area contributed by atoms with Gasteiger partial charge in [0, 0.05) is 13.0 Å². The zero-order valence-electron chi connectivity index (χ0n) is 10.9. The van der Waals surface area contributed by atoms with Crippen LogP contribution in [0.1, 0.15) is 25.2 Å². The minimum absolute atomic E-state index is 0.140. The van der Waals surface area contributed by atoms with Crippen LogP contribution in [-0.2, 0) is 9.53 Å². The van der Waals surface area contributed by atoms with Crippen molar-refractivity contribution in [3.05, 3.63) is 33.9 Å². The second-order valence-corrected chi connectivity index (χ2v) is 3.78. The molecule has 0 atom stereocenters. The lowest BCUT2D eigenvalue weighted by Gasteiger charge is -2.06. The van der Waals surface area contributed by atoms with Crippen LogP contribution in [0.3, 0.4) is 0 Å². The highest BCUT2D eigenvalue weighted by Crippen LogP contribution is 2.20. The van der Waals surface area contributed by atoms with E-state index in [-0.39, 0.29) is 12.6 Å². The average molecular weight is 252 g/mol. The molecular formula is C13H16O5. The van der Waals surface area contributed by atoms with E-state index >= 15 is 0 Å². The zero-order chi connectivity index (χ0) is 13.7. The Morgan fingerprint density at radius 2 is 2.11 bits per heavy atom. The first-order valence-corrected chi connectivity index (χ1v) is 5.45. The van der Waals surface area contributed by atoms with Crippen LogP contribution in [0.25, 0.3) is 5.57 Å². The summed E-state index contributed by atoms with van der Waals surface area (Å²) < 4.78 is 15.0. The van der Waals surface area contributed by atoms with Gasteiger partial charge in [-0.2, -0.15) is 0 Å². The van der Waals surface area contributed by atoms with Gasteiger partial charge in [-0.3, -0.25) is 4.79 Å². The number of allylic oxidation sites excluding steroid dienone is 1. The third-order valence-corrected chi connectivity index (χ3v) is 2.43. The van der Waals surface area contributed by atoms with E-state index in [1.54, 1.807) is 26.0 Å². The van der Waals surface area contributed by atoms with Gasteiger partial charge in [0.05, 0.1) is 12.7 Å². The second-order valence-electron chi connectivity index (χ2n) is 3.78. The van der Waals surface area contributed by atoms with E-state index in [0.717, 1.165) is 0 Å². The molecule has 0 fully saturated rings. The highest BCUT2D eigenvalue weighted by atomic mass is 16.5. The average Bonchev–Trinajstić information content (AvgIpc) is 2.31. The van der Waals surface area contributed by atoms with E-state index in [1.807, 2.05) is 0 Å². The van der Waals surface area contributed by atoms with Gasteiger partial charge in [0.15, 0.2) is 0 Å². The van der Waals surface area contributed by atoms with Crippen LogP contribution in [0, 0.1) is 6.92 Å². The summed E-state index contributed by atoms with van der Waals surface area (Å²) in [6.45, 7) is 4.86. The Morgan fingerprint density at radius 3 is 2.67 bits per heavy atom. The lowest BCUT2D eigenvalue weighted by molar-refractivity contribution is -0.139. The number of hydrogen-bond donors (Lipinski definition) is 0. The first-order chi connectivity index (χ1) is 8.45. The first-order valence-electron chi connectivity index (χ1n) is 5.45. The number of carbonyl (C=O) groups excluding carboxylic acids is 1. The van der Waals surface area contributed by atoms with Crippen molar-refractivity contribution in [2.75, 3.05) is 13.7 Å². The van der Waals surface area contributed by atoms with E-state index in [2.05, 4.69) is 0 Å². The van der Waals surface area contributed by atoms with Crippen molar-refractivity contribution in [3.8, 4) is 5.75 Å². The van der Waals surface area contributed by atoms with Gasteiger partial charge < -0.3 is 13.9 Å². The molecular weight excluding hydrogens is 236 g/mol. The monoisotopic (exact) mass is 252 g/mol. The van der Waals surface area contributed by atoms with Crippen molar-refractivity contribution in [1.82, 2.24) is 0 Å². The molecule has 0 saturated heterocycles. The Hall–Kier alpha value is -2.04. The van der Waals surface area contributed by atoms with Crippen molar-refractivity contribution >= 4 is 11.5 Å². The molecule has 18 heavy (non-hydrogen) atoms. The lowest BCUT2D eigenvalue weighted by atomic mass is 10.2. The van der Waals surface area contributed by atoms with Gasteiger partial charge in [-0.15, -0.1) is 0 Å². The predicted molar refractivity (Wildman–Crippen MR) is 66.6 cm³/mol. The maximum atomic E-state index is 11.5. The van der Waals surface area contributed by atoms with E-state index in [4.69, 9.17) is 13.9 Å². The van der Waals surface area contributed by atoms with Crippen LogP contribution in [0.2, 0.25) is 0 Å². The van der Waals surface area contributed by atoms with Crippen LogP contribution in [-0.4, -0.2) is 19.7 Å². The van der Waals surface area contributed by atoms with Gasteiger partial charge in [-0.25, -0.2) is 4.79 Å². The molecule has 0 aromatic carbocycles. The van der Waals surface area contributed by atoms with Crippen molar-refractivity contribution in [3.63, 3.8) is 0 Å². The molecule has 0 spiro atoms. The molecule has 1 rings (SSSR count). The summed E-state index contributed by atoms with van der Waals surface area (Å²) in [6, 6.07) is 1.64. The summed E-state index contributed by atoms with van der Waals surface area (Å²) >= 11 is 0. The summed E-state index contributed by atoms with van der Waals surface area (Å²) in [5.41, 5.74) is 0.685. The molecule has 0 amide bonds. The Morgan fingerprint density at radius 1 is 1.44 bits per heavy atom. The SMILES string of the molecule is COc1cc(/C(C)=C/COC(C)=O)oc(=O)c1C. The van der Waals surface area contributed by atoms with Gasteiger partial charge in [-0.1, -0.05) is 0 Å². The molecule has 98 valence electrons. The number of hydrogen-bond acceptors (Lipinski definition) is 5. The van der Waals surface area contributed by atoms with Gasteiger partial charge in [0.25, 0.3) is 0 Å². The number of ether oxygens (including phenoxy) is 2. The molecule has 1 aromatic heterocycles. The summed E-state index contributed by atoms with van der Waals surface area (Å²) in [6.07, 6.45) is 1.66. The predicted octanol–water partition coefficient (Wildman–Crippen LogP) is 1.92. The van der Waals surface area contributed by atoms with Crippen LogP contribution in [0.5, 0.6) is 5.75 Å². The Kier molecular flexibility index (Phi) is 4.71. The van der Waals surface area contributed by atoms with E-state index in [9.17, 15) is 9.59 Å². The van der Waals surface area contributed by atoms with Gasteiger partial charge >= 0.3 is 11.6 Å². The van der Waals surface area contributed by atoms with Crippen LogP contribution in [0.4, 0.5) is 0 Å². The molecule has 5 heteroatoms. The topological polar surface area (TPSA) is 65.7 Å². The maximum absolute atomic E-state index is 11.5. The molecule has 0 aliphatic rings. The molecule has 5 nitrogen and oxygen atoms in total. The Labute approximate surface area is 105 Å². The van der Waals surface area contributed by atoms with Gasteiger partial charge in [0.2, 0.25) is 0 Å². The molecule has 0 unspecified atom stereocenters. The highest BCUT2D eigenvalue weighted by Gasteiger charge is 2.09. The number of carbonyl (C=O) groups is 1. The Bertz CT molecular complexity index is 525. The molecule has 1 aromatic rings. The molecule has 1 heterocycles. The molecule has 0 N–H and O–H groups in total. The number of esters is 1. The summed E-state index contributed by atoms with van der Waals surface area (Å²) in [5, 5.41) is 0. The zero-order valence-corrected chi connectivity index (χ0v) is 10.9. The van der Waals surface area contributed by atoms with Crippen molar-refractivity contribution < 1.29 is 18.7 Å². The van der Waals surface area contributed by atoms with Crippen LogP contribution >= 0.6 is 0 Å². The van der Waals surface area contributed by atoms with Crippen molar-refractivity contribution in [2.24, 2.45) is 0 Å². The van der Waals surface area contributed by atoms with E-state index in [0.29, 0.717) is 22.6 Å². The van der Waals surface area contributed by atoms with Crippen LogP contribution < -0.4 is 10.4 Å². The summed E-state index contributed by atoms with van der Waals surface area (Å²) in [7, 11) is 1.49. The number of methoxy groups -OCH3 is 1. The lowest BCUT2D eigenvalue weighted by Crippen LogP contribution is -2.07. The minimum Gasteiger partial charge on any atom is -0.496 e. The minimum atomic E-state index is -0.440. The molecule has 0 aliphatic heterocycles. The van der Waals surface area contributed by atoms with E-state index in [1.165, 1.54) is 14.0 Å². The third kappa shape index (κ3) is 3.48. The van der Waals surface area contributed by atoms with Crippen LogP contribution in [0.15, 0.2) is 21.4 Å². The fourth-order valence-electron chi connectivity index (χ4n) is 1.32. The quantitative estimate of drug-likeness (QED) is 0.766. The fraction of sp³-hybridized carbons (Fsp3) is 0.385. The fourth-order valence-corrected chi connectivity index (χ4v) is 1.32. The molecule has 0 saturated carbocycles. The third-order valence-electron chi connectivity index (χ3n) is 2.43. The van der Waals surface area contributed by atoms with Crippen molar-refractivity contribution in [1.29, 1.82) is 0 Å². The largest absolute Gasteiger partial charge is 0.496 e. The second kappa shape index (κ2) is 6.05. The van der Waals surface area contributed by atoms with Crippen molar-refractivity contribution in [2.45, 2.75) is 20.8 Å². The standard InChI is InChI=1S/C13H16O5/c1-8(5-6-17-10(3)14)11-7-12(16-4)9(2)13(15)18-11/h5,7H,6H2,1-4H3/b8-5+. The Balaban J connectivity index is 2.99. The highest BCUT2D eigenvalue weighted by molar-refractivity contribution is 5.66. The normalized spacial score (nSPS) is 11.2. The first kappa shape index (κ1) is 14.0. The summed E-state index contributed by atoms with van der Waals surface area (Å²) in [4.78, 5) is 22.2. The number of rotatable bonds is 4.